The molecule has 0 saturated carbocycles. The van der Waals surface area contributed by atoms with Crippen LogP contribution in [0.3, 0.4) is 0 Å². The van der Waals surface area contributed by atoms with Crippen molar-refractivity contribution < 1.29 is 4.79 Å². The van der Waals surface area contributed by atoms with E-state index in [1.165, 1.54) is 17.5 Å². The van der Waals surface area contributed by atoms with E-state index in [-0.39, 0.29) is 5.78 Å². The van der Waals surface area contributed by atoms with Crippen LogP contribution in [-0.2, 0) is 24.2 Å². The number of nitrogens with zero attached hydrogens (tertiary/aromatic N) is 3. The van der Waals surface area contributed by atoms with Crippen molar-refractivity contribution in [3.05, 3.63) is 47.5 Å². The van der Waals surface area contributed by atoms with Gasteiger partial charge < -0.3 is 0 Å². The number of aromatic nitrogens is 3. The van der Waals surface area contributed by atoms with Crippen LogP contribution in [0.25, 0.3) is 0 Å². The molecule has 1 heterocycles. The molecule has 1 aromatic heterocycles. The monoisotopic (exact) mass is 257 g/mol. The number of ketones is 1. The van der Waals surface area contributed by atoms with E-state index in [2.05, 4.69) is 35.2 Å². The van der Waals surface area contributed by atoms with Gasteiger partial charge in [0.25, 0.3) is 0 Å². The van der Waals surface area contributed by atoms with Crippen LogP contribution in [0.15, 0.2) is 30.6 Å². The minimum absolute atomic E-state index is 0.212. The van der Waals surface area contributed by atoms with Crippen molar-refractivity contribution in [1.82, 2.24) is 14.8 Å². The van der Waals surface area contributed by atoms with Crippen LogP contribution in [0.5, 0.6) is 0 Å². The first-order valence-corrected chi connectivity index (χ1v) is 6.63. The largest absolute Gasteiger partial charge is 0.299 e. The molecule has 0 fully saturated rings. The highest BCUT2D eigenvalue weighted by molar-refractivity contribution is 5.80. The standard InChI is InChI=1S/C15H19N3O/c1-3-18-15(16-11-17-18)10-14(19)8-7-13-6-4-5-12(2)9-13/h4-6,9,11H,3,7-8,10H2,1-2H3. The van der Waals surface area contributed by atoms with E-state index >= 15 is 0 Å². The molecule has 0 unspecified atom stereocenters. The average Bonchev–Trinajstić information content (AvgIpc) is 2.84. The average molecular weight is 257 g/mol. The molecule has 0 aliphatic carbocycles. The second kappa shape index (κ2) is 6.27. The molecule has 0 amide bonds. The summed E-state index contributed by atoms with van der Waals surface area (Å²) in [6.45, 7) is 4.81. The zero-order valence-electron chi connectivity index (χ0n) is 11.5. The van der Waals surface area contributed by atoms with Gasteiger partial charge in [-0.25, -0.2) is 9.67 Å². The van der Waals surface area contributed by atoms with E-state index in [1.807, 2.05) is 13.0 Å². The molecule has 0 bridgehead atoms. The van der Waals surface area contributed by atoms with Gasteiger partial charge in [-0.2, -0.15) is 5.10 Å². The molecule has 4 heteroatoms. The van der Waals surface area contributed by atoms with Crippen LogP contribution in [0.4, 0.5) is 0 Å². The molecule has 0 spiro atoms. The maximum Gasteiger partial charge on any atom is 0.140 e. The Bertz CT molecular complexity index is 560. The summed E-state index contributed by atoms with van der Waals surface area (Å²) in [6.07, 6.45) is 3.23. The zero-order chi connectivity index (χ0) is 13.7. The molecular formula is C15H19N3O. The van der Waals surface area contributed by atoms with E-state index in [4.69, 9.17) is 0 Å². The van der Waals surface area contributed by atoms with Crippen molar-refractivity contribution in [2.45, 2.75) is 39.7 Å². The normalized spacial score (nSPS) is 10.6. The van der Waals surface area contributed by atoms with Gasteiger partial charge in [0.2, 0.25) is 0 Å². The third kappa shape index (κ3) is 3.74. The maximum atomic E-state index is 12.0. The van der Waals surface area contributed by atoms with Gasteiger partial charge in [0, 0.05) is 13.0 Å². The van der Waals surface area contributed by atoms with Crippen molar-refractivity contribution in [1.29, 1.82) is 0 Å². The summed E-state index contributed by atoms with van der Waals surface area (Å²) in [4.78, 5) is 16.1. The Morgan fingerprint density at radius 2 is 2.21 bits per heavy atom. The summed E-state index contributed by atoms with van der Waals surface area (Å²) in [6, 6.07) is 8.29. The molecule has 0 saturated heterocycles. The van der Waals surface area contributed by atoms with Gasteiger partial charge in [-0.1, -0.05) is 29.8 Å². The van der Waals surface area contributed by atoms with Crippen molar-refractivity contribution in [2.75, 3.05) is 0 Å². The van der Waals surface area contributed by atoms with Crippen LogP contribution in [0.1, 0.15) is 30.3 Å². The van der Waals surface area contributed by atoms with E-state index in [0.717, 1.165) is 18.8 Å². The summed E-state index contributed by atoms with van der Waals surface area (Å²) in [7, 11) is 0. The van der Waals surface area contributed by atoms with Crippen molar-refractivity contribution in [3.63, 3.8) is 0 Å². The second-order valence-electron chi connectivity index (χ2n) is 4.70. The number of hydrogen-bond donors (Lipinski definition) is 0. The molecular weight excluding hydrogens is 238 g/mol. The lowest BCUT2D eigenvalue weighted by molar-refractivity contribution is -0.118. The lowest BCUT2D eigenvalue weighted by atomic mass is 10.0. The molecule has 19 heavy (non-hydrogen) atoms. The van der Waals surface area contributed by atoms with Crippen molar-refractivity contribution in [2.24, 2.45) is 0 Å². The molecule has 0 aliphatic heterocycles. The predicted molar refractivity (Wildman–Crippen MR) is 73.9 cm³/mol. The van der Waals surface area contributed by atoms with Gasteiger partial charge in [0.15, 0.2) is 0 Å². The minimum Gasteiger partial charge on any atom is -0.299 e. The number of rotatable bonds is 6. The minimum atomic E-state index is 0.212. The maximum absolute atomic E-state index is 12.0. The van der Waals surface area contributed by atoms with E-state index in [0.29, 0.717) is 12.8 Å². The molecule has 2 rings (SSSR count). The molecule has 0 aliphatic rings. The Morgan fingerprint density at radius 3 is 2.95 bits per heavy atom. The highest BCUT2D eigenvalue weighted by atomic mass is 16.1. The Balaban J connectivity index is 1.88. The topological polar surface area (TPSA) is 47.8 Å². The van der Waals surface area contributed by atoms with Crippen molar-refractivity contribution in [3.8, 4) is 0 Å². The van der Waals surface area contributed by atoms with Crippen molar-refractivity contribution >= 4 is 5.78 Å². The molecule has 0 atom stereocenters. The van der Waals surface area contributed by atoms with Gasteiger partial charge in [0.05, 0.1) is 6.42 Å². The van der Waals surface area contributed by atoms with Gasteiger partial charge in [-0.05, 0) is 25.8 Å². The Kier molecular flexibility index (Phi) is 4.44. The Hall–Kier alpha value is -1.97. The molecule has 0 N–H and O–H groups in total. The van der Waals surface area contributed by atoms with Gasteiger partial charge in [-0.3, -0.25) is 4.79 Å². The molecule has 0 radical (unpaired) electrons. The summed E-state index contributed by atoms with van der Waals surface area (Å²) < 4.78 is 1.77. The number of Topliss-reactive ketones (excluding diaryl/α,β-unsaturated/α-hetero) is 1. The highest BCUT2D eigenvalue weighted by Crippen LogP contribution is 2.08. The van der Waals surface area contributed by atoms with Gasteiger partial charge in [0.1, 0.15) is 17.9 Å². The summed E-state index contributed by atoms with van der Waals surface area (Å²) in [5.41, 5.74) is 2.45. The third-order valence-corrected chi connectivity index (χ3v) is 3.13. The van der Waals surface area contributed by atoms with Crippen LogP contribution in [0, 0.1) is 6.92 Å². The molecule has 1 aromatic carbocycles. The number of hydrogen-bond acceptors (Lipinski definition) is 3. The van der Waals surface area contributed by atoms with Crippen LogP contribution in [-0.4, -0.2) is 20.5 Å². The van der Waals surface area contributed by atoms with Crippen LogP contribution < -0.4 is 0 Å². The highest BCUT2D eigenvalue weighted by Gasteiger charge is 2.09. The quantitative estimate of drug-likeness (QED) is 0.798. The lowest BCUT2D eigenvalue weighted by Gasteiger charge is -2.04. The second-order valence-corrected chi connectivity index (χ2v) is 4.70. The molecule has 4 nitrogen and oxygen atoms in total. The smallest absolute Gasteiger partial charge is 0.140 e. The fourth-order valence-electron chi connectivity index (χ4n) is 2.11. The molecule has 2 aromatic rings. The first-order valence-electron chi connectivity index (χ1n) is 6.63. The SMILES string of the molecule is CCn1ncnc1CC(=O)CCc1cccc(C)c1. The number of carbonyl (C=O) groups is 1. The number of carbonyl (C=O) groups excluding carboxylic acids is 1. The molecule has 100 valence electrons. The third-order valence-electron chi connectivity index (χ3n) is 3.13. The summed E-state index contributed by atoms with van der Waals surface area (Å²) >= 11 is 0. The first kappa shape index (κ1) is 13.5. The lowest BCUT2D eigenvalue weighted by Crippen LogP contribution is -2.11. The van der Waals surface area contributed by atoms with Gasteiger partial charge >= 0.3 is 0 Å². The Labute approximate surface area is 113 Å². The Morgan fingerprint density at radius 1 is 1.37 bits per heavy atom. The van der Waals surface area contributed by atoms with Gasteiger partial charge in [-0.15, -0.1) is 0 Å². The number of aryl methyl sites for hydroxylation is 3. The summed E-state index contributed by atoms with van der Waals surface area (Å²) in [5.74, 6) is 0.973. The van der Waals surface area contributed by atoms with E-state index in [9.17, 15) is 4.79 Å². The fourth-order valence-corrected chi connectivity index (χ4v) is 2.11. The van der Waals surface area contributed by atoms with Crippen LogP contribution >= 0.6 is 0 Å². The zero-order valence-corrected chi connectivity index (χ0v) is 11.5. The van der Waals surface area contributed by atoms with Crippen LogP contribution in [0.2, 0.25) is 0 Å². The first-order chi connectivity index (χ1) is 9.19. The predicted octanol–water partition coefficient (Wildman–Crippen LogP) is 2.35. The summed E-state index contributed by atoms with van der Waals surface area (Å²) in [5, 5.41) is 4.07. The number of benzene rings is 1. The van der Waals surface area contributed by atoms with E-state index in [1.54, 1.807) is 4.68 Å². The fraction of sp³-hybridized carbons (Fsp3) is 0.400. The van der Waals surface area contributed by atoms with E-state index < -0.39 is 0 Å².